The summed E-state index contributed by atoms with van der Waals surface area (Å²) in [6, 6.07) is 0.867. The summed E-state index contributed by atoms with van der Waals surface area (Å²) in [5.41, 5.74) is 0.207. The van der Waals surface area contributed by atoms with Crippen LogP contribution in [0.5, 0.6) is 17.2 Å². The van der Waals surface area contributed by atoms with Crippen molar-refractivity contribution in [1.29, 1.82) is 0 Å². The summed E-state index contributed by atoms with van der Waals surface area (Å²) < 4.78 is 57.1. The van der Waals surface area contributed by atoms with Crippen molar-refractivity contribution in [3.63, 3.8) is 0 Å². The number of benzene rings is 1. The van der Waals surface area contributed by atoms with Crippen LogP contribution in [0.1, 0.15) is 38.1 Å². The molecular formula is C20H29F3N2O4. The van der Waals surface area contributed by atoms with Gasteiger partial charge in [0.2, 0.25) is 5.75 Å². The Labute approximate surface area is 169 Å². The molecule has 0 N–H and O–H groups in total. The largest absolute Gasteiger partial charge is 0.490 e. The lowest BCUT2D eigenvalue weighted by Crippen LogP contribution is -2.62. The fourth-order valence-corrected chi connectivity index (χ4v) is 3.36. The van der Waals surface area contributed by atoms with E-state index in [1.54, 1.807) is 20.8 Å². The van der Waals surface area contributed by atoms with Gasteiger partial charge in [-0.05, 0) is 46.9 Å². The summed E-state index contributed by atoms with van der Waals surface area (Å²) in [5, 5.41) is 0. The molecule has 2 rings (SSSR count). The molecule has 2 unspecified atom stereocenters. The molecule has 1 aliphatic rings. The Morgan fingerprint density at radius 1 is 1.03 bits per heavy atom. The predicted molar refractivity (Wildman–Crippen MR) is 103 cm³/mol. The highest BCUT2D eigenvalue weighted by atomic mass is 19.4. The van der Waals surface area contributed by atoms with Gasteiger partial charge in [-0.25, -0.2) is 0 Å². The van der Waals surface area contributed by atoms with Crippen LogP contribution in [0.3, 0.4) is 0 Å². The van der Waals surface area contributed by atoms with Gasteiger partial charge in [0.15, 0.2) is 11.5 Å². The number of hydrogen-bond donors (Lipinski definition) is 0. The molecule has 0 saturated carbocycles. The van der Waals surface area contributed by atoms with Gasteiger partial charge in [-0.15, -0.1) is 0 Å². The lowest BCUT2D eigenvalue weighted by molar-refractivity contribution is -0.197. The Kier molecular flexibility index (Phi) is 7.62. The van der Waals surface area contributed by atoms with E-state index in [1.165, 1.54) is 29.0 Å². The van der Waals surface area contributed by atoms with E-state index in [9.17, 15) is 18.0 Å². The molecule has 1 saturated heterocycles. The van der Waals surface area contributed by atoms with Crippen LogP contribution in [0.2, 0.25) is 0 Å². The fraction of sp³-hybridized carbons (Fsp3) is 0.650. The normalized spacial score (nSPS) is 20.5. The van der Waals surface area contributed by atoms with Crippen LogP contribution in [0.15, 0.2) is 12.1 Å². The quantitative estimate of drug-likeness (QED) is 0.678. The number of likely N-dealkylation sites (N-methyl/N-ethyl adjacent to an activating group) is 1. The smallest absolute Gasteiger partial charge is 0.405 e. The number of carbonyl (C=O) groups is 1. The third-order valence-corrected chi connectivity index (χ3v) is 4.89. The Balaban J connectivity index is 2.40. The minimum atomic E-state index is -4.42. The number of amides is 1. The van der Waals surface area contributed by atoms with E-state index in [0.29, 0.717) is 37.1 Å². The van der Waals surface area contributed by atoms with E-state index in [0.717, 1.165) is 0 Å². The van der Waals surface area contributed by atoms with Gasteiger partial charge in [0, 0.05) is 24.7 Å². The van der Waals surface area contributed by atoms with Crippen molar-refractivity contribution in [3.8, 4) is 17.2 Å². The Bertz CT molecular complexity index is 684. The van der Waals surface area contributed by atoms with Gasteiger partial charge < -0.3 is 19.1 Å². The summed E-state index contributed by atoms with van der Waals surface area (Å²) in [4.78, 5) is 15.6. The van der Waals surface area contributed by atoms with Crippen LogP contribution in [-0.4, -0.2) is 73.9 Å². The summed E-state index contributed by atoms with van der Waals surface area (Å²) in [6.45, 7) is 7.89. The van der Waals surface area contributed by atoms with Crippen molar-refractivity contribution in [3.05, 3.63) is 17.7 Å². The molecule has 0 radical (unpaired) electrons. The molecular weight excluding hydrogens is 389 g/mol. The van der Waals surface area contributed by atoms with E-state index >= 15 is 0 Å². The maximum Gasteiger partial charge on any atom is 0.405 e. The van der Waals surface area contributed by atoms with Crippen LogP contribution in [0, 0.1) is 0 Å². The number of alkyl halides is 3. The fourth-order valence-electron chi connectivity index (χ4n) is 3.36. The molecule has 1 heterocycles. The van der Waals surface area contributed by atoms with Crippen molar-refractivity contribution >= 4 is 5.91 Å². The summed E-state index contributed by atoms with van der Waals surface area (Å²) in [7, 11) is 1.43. The minimum Gasteiger partial charge on any atom is -0.490 e. The topological polar surface area (TPSA) is 51.2 Å². The van der Waals surface area contributed by atoms with E-state index in [1.807, 2.05) is 6.92 Å². The van der Waals surface area contributed by atoms with Crippen LogP contribution in [0.25, 0.3) is 0 Å². The monoisotopic (exact) mass is 418 g/mol. The summed E-state index contributed by atoms with van der Waals surface area (Å²) in [5.74, 6) is 0.549. The second-order valence-electron chi connectivity index (χ2n) is 6.88. The molecule has 164 valence electrons. The predicted octanol–water partition coefficient (Wildman–Crippen LogP) is 3.59. The molecule has 1 aromatic rings. The van der Waals surface area contributed by atoms with Crippen LogP contribution < -0.4 is 14.2 Å². The summed E-state index contributed by atoms with van der Waals surface area (Å²) in [6.07, 6.45) is -4.42. The second-order valence-corrected chi connectivity index (χ2v) is 6.88. The average Bonchev–Trinajstić information content (AvgIpc) is 2.65. The molecule has 0 aliphatic carbocycles. The number of nitrogens with zero attached hydrogens (tertiary/aromatic N) is 2. The van der Waals surface area contributed by atoms with Crippen molar-refractivity contribution in [1.82, 2.24) is 9.80 Å². The molecule has 9 heteroatoms. The van der Waals surface area contributed by atoms with E-state index in [-0.39, 0.29) is 12.1 Å². The third kappa shape index (κ3) is 5.26. The highest BCUT2D eigenvalue weighted by molar-refractivity contribution is 5.95. The zero-order valence-electron chi connectivity index (χ0n) is 17.5. The summed E-state index contributed by atoms with van der Waals surface area (Å²) >= 11 is 0. The number of ether oxygens (including phenoxy) is 3. The number of hydrogen-bond acceptors (Lipinski definition) is 5. The molecule has 29 heavy (non-hydrogen) atoms. The van der Waals surface area contributed by atoms with Gasteiger partial charge in [-0.1, -0.05) is 0 Å². The first kappa shape index (κ1) is 23.1. The van der Waals surface area contributed by atoms with Crippen molar-refractivity contribution in [2.24, 2.45) is 0 Å². The Morgan fingerprint density at radius 2 is 1.55 bits per heavy atom. The van der Waals surface area contributed by atoms with Crippen LogP contribution >= 0.6 is 0 Å². The molecule has 1 aliphatic heterocycles. The lowest BCUT2D eigenvalue weighted by atomic mass is 10.1. The Hall–Kier alpha value is -2.16. The number of carbonyl (C=O) groups excluding carboxylic acids is 1. The van der Waals surface area contributed by atoms with Gasteiger partial charge in [0.25, 0.3) is 5.91 Å². The van der Waals surface area contributed by atoms with Crippen molar-refractivity contribution < 1.29 is 32.2 Å². The number of rotatable bonds is 7. The van der Waals surface area contributed by atoms with Gasteiger partial charge in [-0.3, -0.25) is 9.69 Å². The minimum absolute atomic E-state index is 0.197. The SMILES string of the molecule is CCOc1cc(C(=O)N2CC(C)N(C)C(C(F)(F)F)C2)cc(OCC)c1OCC. The van der Waals surface area contributed by atoms with Crippen molar-refractivity contribution in [2.75, 3.05) is 40.0 Å². The van der Waals surface area contributed by atoms with Crippen molar-refractivity contribution in [2.45, 2.75) is 46.0 Å². The zero-order valence-corrected chi connectivity index (χ0v) is 17.5. The Morgan fingerprint density at radius 3 is 2.00 bits per heavy atom. The highest BCUT2D eigenvalue weighted by Gasteiger charge is 2.48. The van der Waals surface area contributed by atoms with Gasteiger partial charge in [0.05, 0.1) is 19.8 Å². The first-order valence-electron chi connectivity index (χ1n) is 9.78. The second kappa shape index (κ2) is 9.56. The molecule has 1 fully saturated rings. The van der Waals surface area contributed by atoms with Gasteiger partial charge in [0.1, 0.15) is 6.04 Å². The molecule has 1 aromatic carbocycles. The highest BCUT2D eigenvalue weighted by Crippen LogP contribution is 2.40. The first-order chi connectivity index (χ1) is 13.6. The van der Waals surface area contributed by atoms with Gasteiger partial charge >= 0.3 is 6.18 Å². The third-order valence-electron chi connectivity index (χ3n) is 4.89. The zero-order chi connectivity index (χ0) is 21.8. The van der Waals surface area contributed by atoms with E-state index in [4.69, 9.17) is 14.2 Å². The van der Waals surface area contributed by atoms with E-state index in [2.05, 4.69) is 0 Å². The molecule has 0 bridgehead atoms. The van der Waals surface area contributed by atoms with Crippen LogP contribution in [0.4, 0.5) is 13.2 Å². The first-order valence-corrected chi connectivity index (χ1v) is 9.78. The van der Waals surface area contributed by atoms with Gasteiger partial charge in [-0.2, -0.15) is 13.2 Å². The molecule has 1 amide bonds. The maximum absolute atomic E-state index is 13.4. The standard InChI is InChI=1S/C20H29F3N2O4/c1-6-27-15-9-14(10-16(28-7-2)18(15)29-8-3)19(26)25-11-13(4)24(5)17(12-25)20(21,22)23/h9-10,13,17H,6-8,11-12H2,1-5H3. The molecule has 0 aromatic heterocycles. The number of halogens is 3. The lowest BCUT2D eigenvalue weighted by Gasteiger charge is -2.44. The average molecular weight is 418 g/mol. The molecule has 6 nitrogen and oxygen atoms in total. The van der Waals surface area contributed by atoms with Crippen LogP contribution in [-0.2, 0) is 0 Å². The van der Waals surface area contributed by atoms with E-state index < -0.39 is 30.7 Å². The molecule has 2 atom stereocenters. The number of piperazine rings is 1. The maximum atomic E-state index is 13.4. The molecule has 0 spiro atoms.